The quantitative estimate of drug-likeness (QED) is 0.236. The standard InChI is InChI=1S/C15H17NO8/c1-9(17)24-12-7-5-4-6-10(12)11(8-16(20)21)13(14(18)22-2)15(19)23-3/h4-7,11,13H,8H2,1-3H3/t11-/m0/s1. The Hall–Kier alpha value is -2.97. The molecular weight excluding hydrogens is 322 g/mol. The highest BCUT2D eigenvalue weighted by molar-refractivity contribution is 5.96. The van der Waals surface area contributed by atoms with Gasteiger partial charge in [0.2, 0.25) is 6.54 Å². The molecule has 0 aliphatic rings. The second kappa shape index (κ2) is 8.61. The van der Waals surface area contributed by atoms with Gasteiger partial charge in [0.1, 0.15) is 5.75 Å². The van der Waals surface area contributed by atoms with E-state index in [9.17, 15) is 24.5 Å². The number of hydrogen-bond acceptors (Lipinski definition) is 8. The fourth-order valence-electron chi connectivity index (χ4n) is 2.26. The summed E-state index contributed by atoms with van der Waals surface area (Å²) >= 11 is 0. The van der Waals surface area contributed by atoms with Crippen molar-refractivity contribution in [2.75, 3.05) is 20.8 Å². The van der Waals surface area contributed by atoms with Gasteiger partial charge in [-0.25, -0.2) is 0 Å². The number of rotatable bonds is 7. The zero-order chi connectivity index (χ0) is 18.3. The van der Waals surface area contributed by atoms with Crippen molar-refractivity contribution in [2.24, 2.45) is 5.92 Å². The molecule has 130 valence electrons. The van der Waals surface area contributed by atoms with Gasteiger partial charge in [0, 0.05) is 17.4 Å². The summed E-state index contributed by atoms with van der Waals surface area (Å²) in [5.41, 5.74) is 0.158. The van der Waals surface area contributed by atoms with E-state index in [0.717, 1.165) is 21.1 Å². The molecule has 0 amide bonds. The predicted molar refractivity (Wildman–Crippen MR) is 79.9 cm³/mol. The molecule has 0 fully saturated rings. The van der Waals surface area contributed by atoms with E-state index in [0.29, 0.717) is 0 Å². The molecule has 0 heterocycles. The fraction of sp³-hybridized carbons (Fsp3) is 0.400. The lowest BCUT2D eigenvalue weighted by molar-refractivity contribution is -0.484. The zero-order valence-electron chi connectivity index (χ0n) is 13.4. The highest BCUT2D eigenvalue weighted by Gasteiger charge is 2.42. The van der Waals surface area contributed by atoms with Gasteiger partial charge >= 0.3 is 17.9 Å². The minimum Gasteiger partial charge on any atom is -0.468 e. The lowest BCUT2D eigenvalue weighted by Crippen LogP contribution is -2.35. The van der Waals surface area contributed by atoms with Gasteiger partial charge in [-0.3, -0.25) is 24.5 Å². The van der Waals surface area contributed by atoms with Crippen LogP contribution < -0.4 is 4.74 Å². The number of hydrogen-bond donors (Lipinski definition) is 0. The number of benzene rings is 1. The summed E-state index contributed by atoms with van der Waals surface area (Å²) in [5, 5.41) is 11.0. The Labute approximate surface area is 137 Å². The zero-order valence-corrected chi connectivity index (χ0v) is 13.4. The van der Waals surface area contributed by atoms with Gasteiger partial charge in [-0.05, 0) is 6.07 Å². The number of carbonyl (C=O) groups is 3. The smallest absolute Gasteiger partial charge is 0.320 e. The van der Waals surface area contributed by atoms with Crippen molar-refractivity contribution >= 4 is 17.9 Å². The number of carbonyl (C=O) groups excluding carboxylic acids is 3. The van der Waals surface area contributed by atoms with Crippen LogP contribution in [0.1, 0.15) is 18.4 Å². The molecule has 1 aromatic rings. The molecule has 24 heavy (non-hydrogen) atoms. The van der Waals surface area contributed by atoms with E-state index < -0.39 is 41.2 Å². The van der Waals surface area contributed by atoms with Crippen molar-refractivity contribution in [1.29, 1.82) is 0 Å². The monoisotopic (exact) mass is 339 g/mol. The van der Waals surface area contributed by atoms with E-state index in [2.05, 4.69) is 9.47 Å². The number of para-hydroxylation sites is 1. The first kappa shape index (κ1) is 19.1. The maximum absolute atomic E-state index is 12.0. The Morgan fingerprint density at radius 1 is 1.12 bits per heavy atom. The molecule has 0 radical (unpaired) electrons. The van der Waals surface area contributed by atoms with Crippen LogP contribution in [-0.4, -0.2) is 43.6 Å². The summed E-state index contributed by atoms with van der Waals surface area (Å²) in [7, 11) is 2.11. The Bertz CT molecular complexity index is 626. The van der Waals surface area contributed by atoms with Crippen LogP contribution in [0.2, 0.25) is 0 Å². The first-order valence-corrected chi connectivity index (χ1v) is 6.86. The van der Waals surface area contributed by atoms with Crippen LogP contribution in [0.5, 0.6) is 5.75 Å². The summed E-state index contributed by atoms with van der Waals surface area (Å²) in [6.07, 6.45) is 0. The van der Waals surface area contributed by atoms with Crippen LogP contribution in [0.15, 0.2) is 24.3 Å². The number of ether oxygens (including phenoxy) is 3. The first-order valence-electron chi connectivity index (χ1n) is 6.86. The van der Waals surface area contributed by atoms with Crippen LogP contribution in [-0.2, 0) is 23.9 Å². The van der Waals surface area contributed by atoms with Crippen LogP contribution in [0.25, 0.3) is 0 Å². The molecular formula is C15H17NO8. The van der Waals surface area contributed by atoms with Crippen molar-refractivity contribution in [1.82, 2.24) is 0 Å². The lowest BCUT2D eigenvalue weighted by Gasteiger charge is -2.22. The number of nitrogens with zero attached hydrogens (tertiary/aromatic N) is 1. The number of methoxy groups -OCH3 is 2. The maximum atomic E-state index is 12.0. The summed E-state index contributed by atoms with van der Waals surface area (Å²) in [6.45, 7) is 0.407. The molecule has 0 aliphatic heterocycles. The van der Waals surface area contributed by atoms with Crippen LogP contribution in [0, 0.1) is 16.0 Å². The molecule has 0 unspecified atom stereocenters. The second-order valence-electron chi connectivity index (χ2n) is 4.78. The van der Waals surface area contributed by atoms with E-state index in [1.54, 1.807) is 12.1 Å². The van der Waals surface area contributed by atoms with Crippen molar-refractivity contribution in [2.45, 2.75) is 12.8 Å². The molecule has 9 heteroatoms. The van der Waals surface area contributed by atoms with E-state index >= 15 is 0 Å². The van der Waals surface area contributed by atoms with Gasteiger partial charge in [-0.1, -0.05) is 18.2 Å². The van der Waals surface area contributed by atoms with Crippen molar-refractivity contribution in [3.05, 3.63) is 39.9 Å². The molecule has 0 spiro atoms. The lowest BCUT2D eigenvalue weighted by atomic mass is 9.85. The van der Waals surface area contributed by atoms with E-state index in [-0.39, 0.29) is 11.3 Å². The third kappa shape index (κ3) is 4.77. The normalized spacial score (nSPS) is 11.5. The molecule has 0 bridgehead atoms. The highest BCUT2D eigenvalue weighted by Crippen LogP contribution is 2.34. The van der Waals surface area contributed by atoms with E-state index in [1.807, 2.05) is 0 Å². The van der Waals surface area contributed by atoms with Crippen LogP contribution >= 0.6 is 0 Å². The van der Waals surface area contributed by atoms with E-state index in [1.165, 1.54) is 12.1 Å². The summed E-state index contributed by atoms with van der Waals surface area (Å²) in [6, 6.07) is 5.94. The average Bonchev–Trinajstić information content (AvgIpc) is 2.53. The maximum Gasteiger partial charge on any atom is 0.320 e. The Morgan fingerprint density at radius 3 is 2.12 bits per heavy atom. The fourth-order valence-corrected chi connectivity index (χ4v) is 2.26. The Morgan fingerprint density at radius 2 is 1.67 bits per heavy atom. The Balaban J connectivity index is 3.44. The van der Waals surface area contributed by atoms with Gasteiger partial charge in [0.05, 0.1) is 20.1 Å². The molecule has 9 nitrogen and oxygen atoms in total. The molecule has 0 N–H and O–H groups in total. The van der Waals surface area contributed by atoms with Crippen LogP contribution in [0.3, 0.4) is 0 Å². The van der Waals surface area contributed by atoms with E-state index in [4.69, 9.17) is 4.74 Å². The minimum absolute atomic E-state index is 0.0228. The molecule has 0 saturated carbocycles. The highest BCUT2D eigenvalue weighted by atomic mass is 16.6. The summed E-state index contributed by atoms with van der Waals surface area (Å²) < 4.78 is 14.2. The second-order valence-corrected chi connectivity index (χ2v) is 4.78. The first-order chi connectivity index (χ1) is 11.3. The summed E-state index contributed by atoms with van der Waals surface area (Å²) in [4.78, 5) is 45.6. The van der Waals surface area contributed by atoms with Gasteiger partial charge in [0.25, 0.3) is 0 Å². The molecule has 1 aromatic carbocycles. The topological polar surface area (TPSA) is 122 Å². The van der Waals surface area contributed by atoms with Gasteiger partial charge in [-0.15, -0.1) is 0 Å². The summed E-state index contributed by atoms with van der Waals surface area (Å²) in [5.74, 6) is -5.38. The van der Waals surface area contributed by atoms with Crippen molar-refractivity contribution in [3.8, 4) is 5.75 Å². The van der Waals surface area contributed by atoms with Crippen LogP contribution in [0.4, 0.5) is 0 Å². The predicted octanol–water partition coefficient (Wildman–Crippen LogP) is 0.934. The Kier molecular flexibility index (Phi) is 6.84. The third-order valence-electron chi connectivity index (χ3n) is 3.23. The average molecular weight is 339 g/mol. The molecule has 0 aliphatic carbocycles. The molecule has 1 atom stereocenters. The van der Waals surface area contributed by atoms with Crippen molar-refractivity contribution < 1.29 is 33.5 Å². The number of esters is 3. The van der Waals surface area contributed by atoms with Gasteiger partial charge in [-0.2, -0.15) is 0 Å². The van der Waals surface area contributed by atoms with Gasteiger partial charge < -0.3 is 14.2 Å². The number of nitro groups is 1. The van der Waals surface area contributed by atoms with Gasteiger partial charge in [0.15, 0.2) is 5.92 Å². The SMILES string of the molecule is COC(=O)C(C(=O)OC)[C@@H](C[N+](=O)[O-])c1ccccc1OC(C)=O. The third-order valence-corrected chi connectivity index (χ3v) is 3.23. The largest absolute Gasteiger partial charge is 0.468 e. The van der Waals surface area contributed by atoms with Crippen molar-refractivity contribution in [3.63, 3.8) is 0 Å². The minimum atomic E-state index is -1.57. The molecule has 0 saturated heterocycles. The molecule has 1 rings (SSSR count). The molecule has 0 aromatic heterocycles.